The number of rotatable bonds is 5. The number of aromatic nitrogens is 1. The SMILES string of the molecule is COc1ccc2nccc(C3CN(C4CCN(Cc5ccc(C(F)(F)F)cc5)CC4)C(=O)O3)c2c1. The summed E-state index contributed by atoms with van der Waals surface area (Å²) in [5, 5.41) is 0.901. The Balaban J connectivity index is 1.21. The van der Waals surface area contributed by atoms with Crippen molar-refractivity contribution in [3.63, 3.8) is 0 Å². The highest BCUT2D eigenvalue weighted by molar-refractivity contribution is 5.84. The summed E-state index contributed by atoms with van der Waals surface area (Å²) in [6, 6.07) is 12.9. The van der Waals surface area contributed by atoms with Crippen molar-refractivity contribution in [2.75, 3.05) is 26.7 Å². The Morgan fingerprint density at radius 3 is 2.51 bits per heavy atom. The third-order valence-electron chi connectivity index (χ3n) is 6.85. The molecule has 1 aromatic heterocycles. The zero-order valence-electron chi connectivity index (χ0n) is 19.3. The van der Waals surface area contributed by atoms with Crippen LogP contribution in [0.5, 0.6) is 5.75 Å². The maximum Gasteiger partial charge on any atom is 0.416 e. The van der Waals surface area contributed by atoms with Crippen LogP contribution in [-0.4, -0.2) is 53.7 Å². The van der Waals surface area contributed by atoms with Gasteiger partial charge in [-0.2, -0.15) is 13.2 Å². The van der Waals surface area contributed by atoms with Crippen LogP contribution < -0.4 is 4.74 Å². The van der Waals surface area contributed by atoms with Crippen LogP contribution >= 0.6 is 0 Å². The fraction of sp³-hybridized carbons (Fsp3) is 0.385. The van der Waals surface area contributed by atoms with Crippen molar-refractivity contribution in [2.45, 2.75) is 37.7 Å². The molecule has 2 aliphatic rings. The number of methoxy groups -OCH3 is 1. The van der Waals surface area contributed by atoms with E-state index in [1.54, 1.807) is 13.3 Å². The molecule has 0 bridgehead atoms. The number of ether oxygens (including phenoxy) is 2. The second-order valence-corrected chi connectivity index (χ2v) is 9.01. The van der Waals surface area contributed by atoms with Crippen LogP contribution in [0.15, 0.2) is 54.7 Å². The molecule has 0 N–H and O–H groups in total. The Hall–Kier alpha value is -3.33. The molecule has 0 radical (unpaired) electrons. The van der Waals surface area contributed by atoms with Crippen molar-refractivity contribution in [3.05, 3.63) is 71.4 Å². The molecular weight excluding hydrogens is 459 g/mol. The number of hydrogen-bond donors (Lipinski definition) is 0. The summed E-state index contributed by atoms with van der Waals surface area (Å²) in [6.07, 6.45) is -1.73. The number of pyridine rings is 1. The van der Waals surface area contributed by atoms with E-state index >= 15 is 0 Å². The second kappa shape index (κ2) is 9.37. The molecule has 35 heavy (non-hydrogen) atoms. The molecule has 2 aromatic carbocycles. The largest absolute Gasteiger partial charge is 0.497 e. The summed E-state index contributed by atoms with van der Waals surface area (Å²) in [5.74, 6) is 0.716. The molecule has 1 amide bonds. The van der Waals surface area contributed by atoms with Crippen LogP contribution in [0.1, 0.15) is 35.6 Å². The fourth-order valence-electron chi connectivity index (χ4n) is 4.94. The zero-order chi connectivity index (χ0) is 24.6. The van der Waals surface area contributed by atoms with Gasteiger partial charge in [-0.05, 0) is 54.8 Å². The lowest BCUT2D eigenvalue weighted by atomic mass is 10.0. The standard InChI is InChI=1S/C26H26F3N3O3/c1-34-20-6-7-23-22(14-20)21(8-11-30-23)24-16-32(25(33)35-24)19-9-12-31(13-10-19)15-17-2-4-18(5-3-17)26(27,28)29/h2-8,11,14,19,24H,9-10,12-13,15-16H2,1H3. The maximum absolute atomic E-state index is 12.8. The van der Waals surface area contributed by atoms with Gasteiger partial charge in [0.05, 0.1) is 24.7 Å². The Morgan fingerprint density at radius 2 is 1.83 bits per heavy atom. The van der Waals surface area contributed by atoms with Crippen LogP contribution in [-0.2, 0) is 17.5 Å². The lowest BCUT2D eigenvalue weighted by Gasteiger charge is -2.35. The van der Waals surface area contributed by atoms with Crippen LogP contribution in [0.2, 0.25) is 0 Å². The molecule has 6 nitrogen and oxygen atoms in total. The number of likely N-dealkylation sites (tertiary alicyclic amines) is 1. The highest BCUT2D eigenvalue weighted by atomic mass is 19.4. The van der Waals surface area contributed by atoms with Gasteiger partial charge in [-0.3, -0.25) is 9.88 Å². The minimum atomic E-state index is -4.33. The number of amides is 1. The summed E-state index contributed by atoms with van der Waals surface area (Å²) >= 11 is 0. The molecule has 3 aromatic rings. The summed E-state index contributed by atoms with van der Waals surface area (Å²) in [5.41, 5.74) is 1.93. The average Bonchev–Trinajstić information content (AvgIpc) is 3.25. The van der Waals surface area contributed by atoms with Gasteiger partial charge in [0.25, 0.3) is 0 Å². The third kappa shape index (κ3) is 4.91. The molecule has 1 atom stereocenters. The van der Waals surface area contributed by atoms with Gasteiger partial charge in [-0.1, -0.05) is 12.1 Å². The summed E-state index contributed by atoms with van der Waals surface area (Å²) in [7, 11) is 1.61. The zero-order valence-corrected chi connectivity index (χ0v) is 19.3. The topological polar surface area (TPSA) is 54.9 Å². The van der Waals surface area contributed by atoms with Gasteiger partial charge in [0.1, 0.15) is 11.9 Å². The summed E-state index contributed by atoms with van der Waals surface area (Å²) in [6.45, 7) is 2.58. The molecule has 0 saturated carbocycles. The highest BCUT2D eigenvalue weighted by Crippen LogP contribution is 2.35. The number of cyclic esters (lactones) is 1. The van der Waals surface area contributed by atoms with Gasteiger partial charge < -0.3 is 14.4 Å². The summed E-state index contributed by atoms with van der Waals surface area (Å²) in [4.78, 5) is 21.2. The molecule has 9 heteroatoms. The number of carbonyl (C=O) groups is 1. The smallest absolute Gasteiger partial charge is 0.416 e. The molecular formula is C26H26F3N3O3. The first-order valence-corrected chi connectivity index (χ1v) is 11.6. The fourth-order valence-corrected chi connectivity index (χ4v) is 4.94. The lowest BCUT2D eigenvalue weighted by molar-refractivity contribution is -0.137. The maximum atomic E-state index is 12.8. The first kappa shape index (κ1) is 23.4. The van der Waals surface area contributed by atoms with Crippen molar-refractivity contribution in [1.29, 1.82) is 0 Å². The number of halogens is 3. The number of nitrogens with zero attached hydrogens (tertiary/aromatic N) is 3. The molecule has 184 valence electrons. The third-order valence-corrected chi connectivity index (χ3v) is 6.85. The molecule has 0 aliphatic carbocycles. The molecule has 1 unspecified atom stereocenters. The quantitative estimate of drug-likeness (QED) is 0.483. The Kier molecular flexibility index (Phi) is 6.27. The van der Waals surface area contributed by atoms with E-state index < -0.39 is 11.7 Å². The minimum Gasteiger partial charge on any atom is -0.497 e. The van der Waals surface area contributed by atoms with E-state index in [0.717, 1.165) is 60.1 Å². The predicted molar refractivity (Wildman–Crippen MR) is 124 cm³/mol. The Labute approximate surface area is 201 Å². The molecule has 0 spiro atoms. The van der Waals surface area contributed by atoms with Gasteiger partial charge in [-0.15, -0.1) is 0 Å². The molecule has 2 saturated heterocycles. The Bertz CT molecular complexity index is 1210. The normalized spacial score (nSPS) is 19.8. The molecule has 5 rings (SSSR count). The first-order chi connectivity index (χ1) is 16.8. The van der Waals surface area contributed by atoms with Gasteiger partial charge >= 0.3 is 12.3 Å². The first-order valence-electron chi connectivity index (χ1n) is 11.6. The van der Waals surface area contributed by atoms with E-state index in [4.69, 9.17) is 9.47 Å². The van der Waals surface area contributed by atoms with Crippen LogP contribution in [0, 0.1) is 0 Å². The van der Waals surface area contributed by atoms with Crippen molar-refractivity contribution in [1.82, 2.24) is 14.8 Å². The molecule has 2 fully saturated rings. The predicted octanol–water partition coefficient (Wildman–Crippen LogP) is 5.42. The van der Waals surface area contributed by atoms with E-state index in [9.17, 15) is 18.0 Å². The number of alkyl halides is 3. The number of benzene rings is 2. The molecule has 2 aliphatic heterocycles. The van der Waals surface area contributed by atoms with E-state index in [0.29, 0.717) is 18.8 Å². The van der Waals surface area contributed by atoms with E-state index in [1.165, 1.54) is 12.1 Å². The van der Waals surface area contributed by atoms with Crippen LogP contribution in [0.3, 0.4) is 0 Å². The van der Waals surface area contributed by atoms with E-state index in [1.807, 2.05) is 29.2 Å². The number of hydrogen-bond acceptors (Lipinski definition) is 5. The molecule has 3 heterocycles. The average molecular weight is 486 g/mol. The van der Waals surface area contributed by atoms with Gasteiger partial charge in [0, 0.05) is 42.8 Å². The van der Waals surface area contributed by atoms with E-state index in [2.05, 4.69) is 9.88 Å². The lowest BCUT2D eigenvalue weighted by Crippen LogP contribution is -2.45. The monoisotopic (exact) mass is 485 g/mol. The van der Waals surface area contributed by atoms with Crippen LogP contribution in [0.25, 0.3) is 10.9 Å². The van der Waals surface area contributed by atoms with Crippen molar-refractivity contribution >= 4 is 17.0 Å². The highest BCUT2D eigenvalue weighted by Gasteiger charge is 2.38. The van der Waals surface area contributed by atoms with Gasteiger partial charge in [0.15, 0.2) is 0 Å². The number of piperidine rings is 1. The van der Waals surface area contributed by atoms with E-state index in [-0.39, 0.29) is 18.2 Å². The number of fused-ring (bicyclic) bond motifs is 1. The Morgan fingerprint density at radius 1 is 1.09 bits per heavy atom. The van der Waals surface area contributed by atoms with Crippen molar-refractivity contribution in [3.8, 4) is 5.75 Å². The van der Waals surface area contributed by atoms with Gasteiger partial charge in [0.2, 0.25) is 0 Å². The van der Waals surface area contributed by atoms with Crippen LogP contribution in [0.4, 0.5) is 18.0 Å². The second-order valence-electron chi connectivity index (χ2n) is 9.01. The number of carbonyl (C=O) groups excluding carboxylic acids is 1. The van der Waals surface area contributed by atoms with Crippen molar-refractivity contribution < 1.29 is 27.4 Å². The minimum absolute atomic E-state index is 0.0685. The summed E-state index contributed by atoms with van der Waals surface area (Å²) < 4.78 is 49.5. The van der Waals surface area contributed by atoms with Gasteiger partial charge in [-0.25, -0.2) is 4.79 Å². The van der Waals surface area contributed by atoms with Crippen molar-refractivity contribution in [2.24, 2.45) is 0 Å².